The zero-order valence-corrected chi connectivity index (χ0v) is 12.6. The summed E-state index contributed by atoms with van der Waals surface area (Å²) in [5.41, 5.74) is 6.26. The molecule has 0 radical (unpaired) electrons. The molecule has 3 rings (SSSR count). The number of hydrogen-bond donors (Lipinski definition) is 2. The van der Waals surface area contributed by atoms with Gasteiger partial charge in [-0.15, -0.1) is 0 Å². The maximum Gasteiger partial charge on any atom is 0.416 e. The molecule has 2 aromatic rings. The van der Waals surface area contributed by atoms with Crippen LogP contribution in [0.3, 0.4) is 0 Å². The summed E-state index contributed by atoms with van der Waals surface area (Å²) in [6, 6.07) is 5.27. The third-order valence-corrected chi connectivity index (χ3v) is 3.74. The molecule has 0 spiro atoms. The summed E-state index contributed by atoms with van der Waals surface area (Å²) in [5, 5.41) is 10.7. The predicted molar refractivity (Wildman–Crippen MR) is 81.4 cm³/mol. The largest absolute Gasteiger partial charge is 0.416 e. The van der Waals surface area contributed by atoms with Crippen molar-refractivity contribution < 1.29 is 18.0 Å². The van der Waals surface area contributed by atoms with Crippen molar-refractivity contribution in [3.63, 3.8) is 0 Å². The van der Waals surface area contributed by atoms with Gasteiger partial charge in [0.05, 0.1) is 23.0 Å². The standard InChI is InChI=1S/C16H15F3N4O/c17-16(18,19)11-2-1-9(14(7-11)22-12-3-4-12)5-13-6-10(15(20)24)8-21-23-13/h1-2,6-8,12,22H,3-5H2,(H2,20,24). The van der Waals surface area contributed by atoms with E-state index in [2.05, 4.69) is 15.5 Å². The number of nitrogens with zero attached hydrogens (tertiary/aromatic N) is 2. The summed E-state index contributed by atoms with van der Waals surface area (Å²) in [4.78, 5) is 11.2. The third kappa shape index (κ3) is 3.81. The van der Waals surface area contributed by atoms with E-state index in [4.69, 9.17) is 5.73 Å². The lowest BCUT2D eigenvalue weighted by atomic mass is 10.0. The molecule has 1 aromatic carbocycles. The summed E-state index contributed by atoms with van der Waals surface area (Å²) < 4.78 is 38.8. The lowest BCUT2D eigenvalue weighted by Crippen LogP contribution is -2.13. The number of hydrogen-bond acceptors (Lipinski definition) is 4. The molecule has 1 aromatic heterocycles. The van der Waals surface area contributed by atoms with Gasteiger partial charge in [-0.1, -0.05) is 6.07 Å². The van der Waals surface area contributed by atoms with Gasteiger partial charge in [-0.25, -0.2) is 0 Å². The van der Waals surface area contributed by atoms with Gasteiger partial charge in [0.25, 0.3) is 0 Å². The first-order valence-corrected chi connectivity index (χ1v) is 7.41. The number of carbonyl (C=O) groups excluding carboxylic acids is 1. The smallest absolute Gasteiger partial charge is 0.382 e. The van der Waals surface area contributed by atoms with Crippen LogP contribution in [0.15, 0.2) is 30.5 Å². The number of carbonyl (C=O) groups is 1. The first kappa shape index (κ1) is 16.2. The number of aromatic nitrogens is 2. The van der Waals surface area contributed by atoms with E-state index < -0.39 is 17.6 Å². The molecule has 1 aliphatic rings. The Morgan fingerprint density at radius 2 is 2.04 bits per heavy atom. The van der Waals surface area contributed by atoms with Gasteiger partial charge >= 0.3 is 6.18 Å². The average Bonchev–Trinajstić information content (AvgIpc) is 3.32. The highest BCUT2D eigenvalue weighted by atomic mass is 19.4. The summed E-state index contributed by atoms with van der Waals surface area (Å²) >= 11 is 0. The number of benzene rings is 1. The van der Waals surface area contributed by atoms with Gasteiger partial charge in [0.15, 0.2) is 0 Å². The molecule has 1 heterocycles. The molecular formula is C16H15F3N4O. The van der Waals surface area contributed by atoms with Gasteiger partial charge < -0.3 is 11.1 Å². The molecule has 0 aliphatic heterocycles. The van der Waals surface area contributed by atoms with Crippen LogP contribution in [0.1, 0.15) is 40.0 Å². The van der Waals surface area contributed by atoms with Crippen molar-refractivity contribution in [3.05, 3.63) is 52.8 Å². The summed E-state index contributed by atoms with van der Waals surface area (Å²) in [7, 11) is 0. The lowest BCUT2D eigenvalue weighted by molar-refractivity contribution is -0.137. The lowest BCUT2D eigenvalue weighted by Gasteiger charge is -2.15. The molecule has 8 heteroatoms. The number of nitrogens with two attached hydrogens (primary N) is 1. The van der Waals surface area contributed by atoms with Crippen molar-refractivity contribution in [2.24, 2.45) is 5.73 Å². The van der Waals surface area contributed by atoms with Crippen LogP contribution in [0.25, 0.3) is 0 Å². The zero-order chi connectivity index (χ0) is 17.3. The Morgan fingerprint density at radius 3 is 2.67 bits per heavy atom. The Hall–Kier alpha value is -2.64. The molecule has 5 nitrogen and oxygen atoms in total. The number of halogens is 3. The van der Waals surface area contributed by atoms with Crippen molar-refractivity contribution in [1.29, 1.82) is 0 Å². The van der Waals surface area contributed by atoms with E-state index in [1.807, 2.05) is 0 Å². The van der Waals surface area contributed by atoms with E-state index in [0.717, 1.165) is 25.0 Å². The van der Waals surface area contributed by atoms with E-state index in [-0.39, 0.29) is 18.0 Å². The molecule has 0 atom stereocenters. The Kier molecular flexibility index (Phi) is 4.13. The highest BCUT2D eigenvalue weighted by Crippen LogP contribution is 2.34. The second-order valence-electron chi connectivity index (χ2n) is 5.76. The van der Waals surface area contributed by atoms with Gasteiger partial charge in [-0.2, -0.15) is 23.4 Å². The van der Waals surface area contributed by atoms with Crippen LogP contribution in [0.2, 0.25) is 0 Å². The molecule has 1 aliphatic carbocycles. The van der Waals surface area contributed by atoms with E-state index in [1.54, 1.807) is 0 Å². The second kappa shape index (κ2) is 6.10. The topological polar surface area (TPSA) is 80.9 Å². The number of anilines is 1. The highest BCUT2D eigenvalue weighted by Gasteiger charge is 2.32. The summed E-state index contributed by atoms with van der Waals surface area (Å²) in [6.45, 7) is 0. The average molecular weight is 336 g/mol. The molecule has 3 N–H and O–H groups in total. The number of rotatable bonds is 5. The zero-order valence-electron chi connectivity index (χ0n) is 12.6. The Balaban J connectivity index is 1.91. The van der Waals surface area contributed by atoms with Crippen molar-refractivity contribution >= 4 is 11.6 Å². The molecule has 126 valence electrons. The fraction of sp³-hybridized carbons (Fsp3) is 0.312. The molecule has 0 saturated heterocycles. The van der Waals surface area contributed by atoms with Crippen LogP contribution >= 0.6 is 0 Å². The number of nitrogens with one attached hydrogen (secondary N) is 1. The van der Waals surface area contributed by atoms with Crippen LogP contribution in [0.5, 0.6) is 0 Å². The summed E-state index contributed by atoms with van der Waals surface area (Å²) in [5.74, 6) is -0.630. The minimum Gasteiger partial charge on any atom is -0.382 e. The fourth-order valence-electron chi connectivity index (χ4n) is 2.32. The number of primary amides is 1. The predicted octanol–water partition coefficient (Wildman–Crippen LogP) is 2.76. The van der Waals surface area contributed by atoms with Crippen molar-refractivity contribution in [1.82, 2.24) is 10.2 Å². The van der Waals surface area contributed by atoms with Crippen LogP contribution in [0, 0.1) is 0 Å². The Bertz CT molecular complexity index is 772. The molecule has 0 unspecified atom stereocenters. The molecule has 1 saturated carbocycles. The van der Waals surface area contributed by atoms with E-state index >= 15 is 0 Å². The fourth-order valence-corrected chi connectivity index (χ4v) is 2.32. The maximum absolute atomic E-state index is 12.9. The molecule has 1 fully saturated rings. The number of alkyl halides is 3. The van der Waals surface area contributed by atoms with Gasteiger partial charge in [0.1, 0.15) is 0 Å². The van der Waals surface area contributed by atoms with Gasteiger partial charge in [-0.3, -0.25) is 4.79 Å². The third-order valence-electron chi connectivity index (χ3n) is 3.74. The minimum absolute atomic E-state index is 0.204. The van der Waals surface area contributed by atoms with E-state index in [1.165, 1.54) is 18.3 Å². The number of amides is 1. The second-order valence-corrected chi connectivity index (χ2v) is 5.76. The molecular weight excluding hydrogens is 321 g/mol. The van der Waals surface area contributed by atoms with Crippen LogP contribution in [0.4, 0.5) is 18.9 Å². The Morgan fingerprint density at radius 1 is 1.29 bits per heavy atom. The van der Waals surface area contributed by atoms with Crippen molar-refractivity contribution in [2.45, 2.75) is 31.5 Å². The SMILES string of the molecule is NC(=O)c1cnnc(Cc2ccc(C(F)(F)F)cc2NC2CC2)c1. The van der Waals surface area contributed by atoms with Crippen LogP contribution in [-0.2, 0) is 12.6 Å². The first-order chi connectivity index (χ1) is 11.3. The Labute approximate surface area is 136 Å². The van der Waals surface area contributed by atoms with Crippen molar-refractivity contribution in [2.75, 3.05) is 5.32 Å². The van der Waals surface area contributed by atoms with E-state index in [9.17, 15) is 18.0 Å². The molecule has 1 amide bonds. The van der Waals surface area contributed by atoms with Crippen LogP contribution < -0.4 is 11.1 Å². The maximum atomic E-state index is 12.9. The summed E-state index contributed by atoms with van der Waals surface area (Å²) in [6.07, 6.45) is -1.02. The van der Waals surface area contributed by atoms with Gasteiger partial charge in [-0.05, 0) is 36.6 Å². The molecule has 24 heavy (non-hydrogen) atoms. The normalized spacial score (nSPS) is 14.5. The molecule has 0 bridgehead atoms. The highest BCUT2D eigenvalue weighted by molar-refractivity contribution is 5.92. The minimum atomic E-state index is -4.40. The first-order valence-electron chi connectivity index (χ1n) is 7.41. The van der Waals surface area contributed by atoms with E-state index in [0.29, 0.717) is 16.9 Å². The van der Waals surface area contributed by atoms with Gasteiger partial charge in [0.2, 0.25) is 5.91 Å². The quantitative estimate of drug-likeness (QED) is 0.880. The van der Waals surface area contributed by atoms with Crippen molar-refractivity contribution in [3.8, 4) is 0 Å². The monoisotopic (exact) mass is 336 g/mol. The van der Waals surface area contributed by atoms with Crippen LogP contribution in [-0.4, -0.2) is 22.1 Å². The van der Waals surface area contributed by atoms with Gasteiger partial charge in [0, 0.05) is 18.2 Å².